The van der Waals surface area contributed by atoms with Crippen LogP contribution in [-0.4, -0.2) is 11.8 Å². The summed E-state index contributed by atoms with van der Waals surface area (Å²) in [6.07, 6.45) is 1.58. The molecule has 0 aliphatic carbocycles. The van der Waals surface area contributed by atoms with Crippen molar-refractivity contribution in [1.29, 1.82) is 0 Å². The molecule has 0 spiro atoms. The van der Waals surface area contributed by atoms with E-state index in [-0.39, 0.29) is 5.57 Å². The molecule has 27 heavy (non-hydrogen) atoms. The third-order valence-corrected chi connectivity index (χ3v) is 4.45. The Hall–Kier alpha value is -2.93. The van der Waals surface area contributed by atoms with Crippen LogP contribution in [-0.2, 0) is 9.59 Å². The molecule has 0 aliphatic rings. The molecule has 0 unspecified atom stereocenters. The van der Waals surface area contributed by atoms with Crippen molar-refractivity contribution >= 4 is 51.9 Å². The normalized spacial score (nSPS) is 10.9. The van der Waals surface area contributed by atoms with Gasteiger partial charge in [-0.15, -0.1) is 0 Å². The van der Waals surface area contributed by atoms with Crippen molar-refractivity contribution in [3.63, 3.8) is 0 Å². The smallest absolute Gasteiger partial charge is 0.261 e. The van der Waals surface area contributed by atoms with Crippen LogP contribution in [0.15, 0.2) is 90.5 Å². The number of para-hydroxylation sites is 1. The Labute approximate surface area is 171 Å². The van der Waals surface area contributed by atoms with Crippen LogP contribution in [0, 0.1) is 3.57 Å². The minimum absolute atomic E-state index is 0.0311. The molecule has 0 aromatic heterocycles. The molecular formula is C22H17IN2O2. The lowest BCUT2D eigenvalue weighted by atomic mass is 10.1. The second kappa shape index (κ2) is 9.14. The summed E-state index contributed by atoms with van der Waals surface area (Å²) in [5.74, 6) is -0.929. The van der Waals surface area contributed by atoms with E-state index in [0.717, 1.165) is 9.13 Å². The van der Waals surface area contributed by atoms with Crippen LogP contribution in [0.4, 0.5) is 11.4 Å². The van der Waals surface area contributed by atoms with Gasteiger partial charge in [0.1, 0.15) is 5.57 Å². The first-order chi connectivity index (χ1) is 13.1. The summed E-state index contributed by atoms with van der Waals surface area (Å²) in [6, 6.07) is 25.7. The van der Waals surface area contributed by atoms with Gasteiger partial charge in [0, 0.05) is 14.9 Å². The molecule has 0 saturated carbocycles. The van der Waals surface area contributed by atoms with Crippen LogP contribution in [0.5, 0.6) is 0 Å². The minimum Gasteiger partial charge on any atom is -0.322 e. The summed E-state index contributed by atoms with van der Waals surface area (Å²) < 4.78 is 1.06. The Morgan fingerprint density at radius 1 is 0.667 bits per heavy atom. The van der Waals surface area contributed by atoms with Gasteiger partial charge in [-0.05, 0) is 70.6 Å². The fourth-order valence-electron chi connectivity index (χ4n) is 2.40. The van der Waals surface area contributed by atoms with Gasteiger partial charge >= 0.3 is 0 Å². The Kier molecular flexibility index (Phi) is 6.38. The number of hydrogen-bond donors (Lipinski definition) is 2. The lowest BCUT2D eigenvalue weighted by Crippen LogP contribution is -2.25. The van der Waals surface area contributed by atoms with Crippen LogP contribution in [0.3, 0.4) is 0 Å². The molecule has 0 heterocycles. The maximum absolute atomic E-state index is 12.8. The van der Waals surface area contributed by atoms with Crippen molar-refractivity contribution in [2.75, 3.05) is 10.6 Å². The predicted molar refractivity (Wildman–Crippen MR) is 117 cm³/mol. The van der Waals surface area contributed by atoms with E-state index < -0.39 is 11.8 Å². The molecule has 5 heteroatoms. The number of amides is 2. The van der Waals surface area contributed by atoms with Crippen LogP contribution in [0.25, 0.3) is 6.08 Å². The molecule has 3 aromatic carbocycles. The largest absolute Gasteiger partial charge is 0.322 e. The summed E-state index contributed by atoms with van der Waals surface area (Å²) in [5, 5.41) is 5.55. The second-order valence-electron chi connectivity index (χ2n) is 5.75. The Balaban J connectivity index is 1.87. The summed E-state index contributed by atoms with van der Waals surface area (Å²) in [5.41, 5.74) is 2.06. The molecule has 3 rings (SSSR count). The Bertz CT molecular complexity index is 953. The molecule has 0 saturated heterocycles. The maximum atomic E-state index is 12.8. The zero-order chi connectivity index (χ0) is 19.1. The predicted octanol–water partition coefficient (Wildman–Crippen LogP) is 4.95. The molecular weight excluding hydrogens is 451 g/mol. The van der Waals surface area contributed by atoms with Gasteiger partial charge in [0.25, 0.3) is 11.8 Å². The first kappa shape index (κ1) is 18.8. The number of halogens is 1. The zero-order valence-electron chi connectivity index (χ0n) is 14.4. The Morgan fingerprint density at radius 2 is 1.15 bits per heavy atom. The average Bonchev–Trinajstić information content (AvgIpc) is 2.69. The van der Waals surface area contributed by atoms with E-state index in [2.05, 4.69) is 33.2 Å². The van der Waals surface area contributed by atoms with Gasteiger partial charge in [0.2, 0.25) is 0 Å². The average molecular weight is 468 g/mol. The molecule has 0 atom stereocenters. The number of hydrogen-bond acceptors (Lipinski definition) is 2. The quantitative estimate of drug-likeness (QED) is 0.241. The van der Waals surface area contributed by atoms with E-state index in [9.17, 15) is 9.59 Å². The van der Waals surface area contributed by atoms with Gasteiger partial charge in [-0.2, -0.15) is 0 Å². The summed E-state index contributed by atoms with van der Waals surface area (Å²) in [6.45, 7) is 0. The maximum Gasteiger partial charge on any atom is 0.261 e. The Morgan fingerprint density at radius 3 is 1.70 bits per heavy atom. The summed E-state index contributed by atoms with van der Waals surface area (Å²) in [4.78, 5) is 25.6. The highest BCUT2D eigenvalue weighted by Crippen LogP contribution is 2.16. The van der Waals surface area contributed by atoms with Gasteiger partial charge in [0.15, 0.2) is 0 Å². The highest BCUT2D eigenvalue weighted by atomic mass is 127. The standard InChI is InChI=1S/C22H17IN2O2/c23-17-11-13-19(14-12-17)25-22(27)20(15-16-7-3-1-4-8-16)21(26)24-18-9-5-2-6-10-18/h1-15H,(H,24,26)(H,25,27). The molecule has 0 aliphatic heterocycles. The molecule has 2 amide bonds. The lowest BCUT2D eigenvalue weighted by molar-refractivity contribution is -0.118. The SMILES string of the molecule is O=C(Nc1ccccc1)C(=Cc1ccccc1)C(=O)Nc1ccc(I)cc1. The number of anilines is 2. The summed E-state index contributed by atoms with van der Waals surface area (Å²) >= 11 is 2.19. The van der Waals surface area contributed by atoms with Gasteiger partial charge in [-0.1, -0.05) is 48.5 Å². The molecule has 0 radical (unpaired) electrons. The lowest BCUT2D eigenvalue weighted by Gasteiger charge is -2.10. The molecule has 0 fully saturated rings. The number of benzene rings is 3. The molecule has 3 aromatic rings. The highest BCUT2D eigenvalue weighted by molar-refractivity contribution is 14.1. The van der Waals surface area contributed by atoms with Gasteiger partial charge in [0.05, 0.1) is 0 Å². The van der Waals surface area contributed by atoms with Crippen molar-refractivity contribution in [3.05, 3.63) is 99.6 Å². The van der Waals surface area contributed by atoms with E-state index in [1.54, 1.807) is 30.3 Å². The first-order valence-corrected chi connectivity index (χ1v) is 9.40. The number of rotatable bonds is 5. The van der Waals surface area contributed by atoms with E-state index in [4.69, 9.17) is 0 Å². The van der Waals surface area contributed by atoms with Crippen molar-refractivity contribution in [2.24, 2.45) is 0 Å². The second-order valence-corrected chi connectivity index (χ2v) is 7.00. The van der Waals surface area contributed by atoms with Gasteiger partial charge < -0.3 is 10.6 Å². The fourth-order valence-corrected chi connectivity index (χ4v) is 2.76. The topological polar surface area (TPSA) is 58.2 Å². The monoisotopic (exact) mass is 468 g/mol. The zero-order valence-corrected chi connectivity index (χ0v) is 16.5. The molecule has 2 N–H and O–H groups in total. The van der Waals surface area contributed by atoms with Crippen molar-refractivity contribution < 1.29 is 9.59 Å². The van der Waals surface area contributed by atoms with Crippen molar-refractivity contribution in [3.8, 4) is 0 Å². The van der Waals surface area contributed by atoms with Crippen LogP contribution >= 0.6 is 22.6 Å². The number of carbonyl (C=O) groups is 2. The van der Waals surface area contributed by atoms with E-state index >= 15 is 0 Å². The van der Waals surface area contributed by atoms with Crippen LogP contribution in [0.1, 0.15) is 5.56 Å². The third kappa shape index (κ3) is 5.52. The van der Waals surface area contributed by atoms with E-state index in [0.29, 0.717) is 11.4 Å². The van der Waals surface area contributed by atoms with Crippen molar-refractivity contribution in [2.45, 2.75) is 0 Å². The van der Waals surface area contributed by atoms with Crippen LogP contribution < -0.4 is 10.6 Å². The molecule has 0 bridgehead atoms. The minimum atomic E-state index is -0.465. The molecule has 134 valence electrons. The number of nitrogens with one attached hydrogen (secondary N) is 2. The van der Waals surface area contributed by atoms with Crippen LogP contribution in [0.2, 0.25) is 0 Å². The van der Waals surface area contributed by atoms with Crippen molar-refractivity contribution in [1.82, 2.24) is 0 Å². The first-order valence-electron chi connectivity index (χ1n) is 8.32. The highest BCUT2D eigenvalue weighted by Gasteiger charge is 2.19. The third-order valence-electron chi connectivity index (χ3n) is 3.73. The van der Waals surface area contributed by atoms with Gasteiger partial charge in [-0.25, -0.2) is 0 Å². The number of carbonyl (C=O) groups excluding carboxylic acids is 2. The van der Waals surface area contributed by atoms with E-state index in [1.807, 2.05) is 60.7 Å². The van der Waals surface area contributed by atoms with Gasteiger partial charge in [-0.3, -0.25) is 9.59 Å². The van der Waals surface area contributed by atoms with E-state index in [1.165, 1.54) is 0 Å². The fraction of sp³-hybridized carbons (Fsp3) is 0. The summed E-state index contributed by atoms with van der Waals surface area (Å²) in [7, 11) is 0. The molecule has 4 nitrogen and oxygen atoms in total.